The first kappa shape index (κ1) is 26.6. The summed E-state index contributed by atoms with van der Waals surface area (Å²) in [4.78, 5) is 19.6. The van der Waals surface area contributed by atoms with Gasteiger partial charge in [0.25, 0.3) is 0 Å². The lowest BCUT2D eigenvalue weighted by Crippen LogP contribution is -2.46. The van der Waals surface area contributed by atoms with Gasteiger partial charge in [0.2, 0.25) is 0 Å². The van der Waals surface area contributed by atoms with Crippen molar-refractivity contribution in [3.8, 4) is 11.3 Å². The summed E-state index contributed by atoms with van der Waals surface area (Å²) in [5.74, 6) is -0.876. The molecular formula is C25H31F4N7O. The number of aryl methyl sites for hydroxylation is 1. The lowest BCUT2D eigenvalue weighted by atomic mass is 9.84. The highest BCUT2D eigenvalue weighted by Gasteiger charge is 2.33. The number of ketones is 1. The first-order chi connectivity index (χ1) is 17.4. The number of aromatic nitrogens is 3. The molecule has 0 aromatic carbocycles. The van der Waals surface area contributed by atoms with E-state index in [1.54, 1.807) is 34.0 Å². The van der Waals surface area contributed by atoms with Crippen LogP contribution in [0.25, 0.3) is 17.0 Å². The van der Waals surface area contributed by atoms with Crippen LogP contribution in [0.2, 0.25) is 0 Å². The van der Waals surface area contributed by atoms with Crippen LogP contribution in [-0.4, -0.2) is 62.1 Å². The highest BCUT2D eigenvalue weighted by atomic mass is 19.4. The third kappa shape index (κ3) is 6.12. The molecule has 0 saturated carbocycles. The molecular weight excluding hydrogens is 490 g/mol. The van der Waals surface area contributed by atoms with Gasteiger partial charge in [-0.3, -0.25) is 24.5 Å². The van der Waals surface area contributed by atoms with E-state index in [0.29, 0.717) is 6.42 Å². The molecule has 200 valence electrons. The molecule has 12 heteroatoms. The number of halogens is 4. The second-order valence-corrected chi connectivity index (χ2v) is 9.59. The van der Waals surface area contributed by atoms with Gasteiger partial charge in [0.1, 0.15) is 18.4 Å². The number of carbonyl (C=O) groups excluding carboxylic acids is 1. The molecule has 2 aliphatic rings. The van der Waals surface area contributed by atoms with Crippen molar-refractivity contribution in [2.75, 3.05) is 13.6 Å². The van der Waals surface area contributed by atoms with Crippen molar-refractivity contribution in [1.82, 2.24) is 30.3 Å². The summed E-state index contributed by atoms with van der Waals surface area (Å²) in [6.45, 7) is 1.86. The van der Waals surface area contributed by atoms with Crippen LogP contribution in [0.4, 0.5) is 17.6 Å². The van der Waals surface area contributed by atoms with Gasteiger partial charge in [-0.25, -0.2) is 4.39 Å². The Morgan fingerprint density at radius 2 is 2.05 bits per heavy atom. The summed E-state index contributed by atoms with van der Waals surface area (Å²) in [5.41, 5.74) is 6.99. The monoisotopic (exact) mass is 521 g/mol. The molecule has 0 fully saturated rings. The van der Waals surface area contributed by atoms with Gasteiger partial charge in [0.15, 0.2) is 5.78 Å². The number of hydrazine groups is 2. The number of allylic oxidation sites excluding steroid dienone is 2. The highest BCUT2D eigenvalue weighted by molar-refractivity contribution is 6.03. The van der Waals surface area contributed by atoms with Crippen molar-refractivity contribution in [3.05, 3.63) is 47.8 Å². The van der Waals surface area contributed by atoms with E-state index >= 15 is 0 Å². The summed E-state index contributed by atoms with van der Waals surface area (Å²) in [6, 6.07) is 1.32. The SMILES string of the molecule is CC(=O)C(CCC1=C(F)CCC(C)C1=NCC(F)(F)F)N1C=C(c2c[nH]c(-c3cnn(C)c3)c2)N(C)N1. The second kappa shape index (κ2) is 10.5. The number of alkyl halides is 3. The Morgan fingerprint density at radius 3 is 2.70 bits per heavy atom. The van der Waals surface area contributed by atoms with E-state index < -0.39 is 24.6 Å². The standard InChI is InChI=1S/C25H31F4N7O/c1-15-5-7-20(26)19(24(15)31-14-25(27,28)29)6-8-22(16(2)37)36-13-23(35(4)33-36)17-9-21(30-10-17)18-11-32-34(3)12-18/h9-13,15,22,30,33H,5-8,14H2,1-4H3. The van der Waals surface area contributed by atoms with Gasteiger partial charge in [-0.05, 0) is 38.2 Å². The molecule has 0 amide bonds. The van der Waals surface area contributed by atoms with E-state index in [1.807, 2.05) is 32.6 Å². The molecule has 3 heterocycles. The van der Waals surface area contributed by atoms with Crippen molar-refractivity contribution in [2.45, 2.75) is 51.7 Å². The van der Waals surface area contributed by atoms with Gasteiger partial charge in [-0.2, -0.15) is 18.3 Å². The lowest BCUT2D eigenvalue weighted by molar-refractivity contribution is -0.123. The van der Waals surface area contributed by atoms with Crippen LogP contribution in [-0.2, 0) is 11.8 Å². The number of nitrogens with zero attached hydrogens (tertiary/aromatic N) is 5. The van der Waals surface area contributed by atoms with Crippen molar-refractivity contribution < 1.29 is 22.4 Å². The zero-order valence-corrected chi connectivity index (χ0v) is 21.2. The highest BCUT2D eigenvalue weighted by Crippen LogP contribution is 2.33. The molecule has 0 bridgehead atoms. The molecule has 2 aromatic heterocycles. The molecule has 0 saturated heterocycles. The second-order valence-electron chi connectivity index (χ2n) is 9.59. The van der Waals surface area contributed by atoms with Crippen LogP contribution in [0.5, 0.6) is 0 Å². The average molecular weight is 522 g/mol. The maximum Gasteiger partial charge on any atom is 0.407 e. The minimum Gasteiger partial charge on any atom is -0.360 e. The van der Waals surface area contributed by atoms with Crippen molar-refractivity contribution in [3.63, 3.8) is 0 Å². The van der Waals surface area contributed by atoms with Gasteiger partial charge in [0, 0.05) is 67.2 Å². The number of aliphatic imine (C=N–C) groups is 1. The number of Topliss-reactive ketones (excluding diaryl/α,β-unsaturated/α-hetero) is 1. The third-order valence-corrected chi connectivity index (χ3v) is 6.68. The van der Waals surface area contributed by atoms with Crippen LogP contribution in [0.1, 0.15) is 45.1 Å². The van der Waals surface area contributed by atoms with Crippen LogP contribution in [0, 0.1) is 5.92 Å². The molecule has 2 unspecified atom stereocenters. The van der Waals surface area contributed by atoms with E-state index in [4.69, 9.17) is 0 Å². The van der Waals surface area contributed by atoms with Gasteiger partial charge < -0.3 is 4.98 Å². The summed E-state index contributed by atoms with van der Waals surface area (Å²) in [5, 5.41) is 7.61. The summed E-state index contributed by atoms with van der Waals surface area (Å²) < 4.78 is 54.9. The largest absolute Gasteiger partial charge is 0.407 e. The normalized spacial score (nSPS) is 20.7. The predicted octanol–water partition coefficient (Wildman–Crippen LogP) is 4.78. The van der Waals surface area contributed by atoms with Crippen LogP contribution in [0.15, 0.2) is 47.2 Å². The first-order valence-corrected chi connectivity index (χ1v) is 12.1. The fourth-order valence-corrected chi connectivity index (χ4v) is 4.75. The number of rotatable bonds is 8. The Hall–Kier alpha value is -3.41. The van der Waals surface area contributed by atoms with Crippen molar-refractivity contribution in [2.24, 2.45) is 18.0 Å². The molecule has 2 atom stereocenters. The van der Waals surface area contributed by atoms with Gasteiger partial charge in [-0.1, -0.05) is 6.92 Å². The summed E-state index contributed by atoms with van der Waals surface area (Å²) in [6.07, 6.45) is 3.73. The smallest absolute Gasteiger partial charge is 0.360 e. The van der Waals surface area contributed by atoms with E-state index in [2.05, 4.69) is 20.6 Å². The van der Waals surface area contributed by atoms with Gasteiger partial charge in [0.05, 0.1) is 11.9 Å². The van der Waals surface area contributed by atoms with Crippen molar-refractivity contribution >= 4 is 17.2 Å². The maximum absolute atomic E-state index is 14.8. The predicted molar refractivity (Wildman–Crippen MR) is 132 cm³/mol. The molecule has 2 aromatic rings. The van der Waals surface area contributed by atoms with E-state index in [-0.39, 0.29) is 42.2 Å². The number of H-pyrrole nitrogens is 1. The minimum absolute atomic E-state index is 0.109. The Kier molecular flexibility index (Phi) is 7.58. The Labute approximate surface area is 212 Å². The van der Waals surface area contributed by atoms with Crippen LogP contribution >= 0.6 is 0 Å². The summed E-state index contributed by atoms with van der Waals surface area (Å²) in [7, 11) is 3.65. The fraction of sp³-hybridized carbons (Fsp3) is 0.480. The first-order valence-electron chi connectivity index (χ1n) is 12.1. The van der Waals surface area contributed by atoms with E-state index in [0.717, 1.165) is 22.5 Å². The van der Waals surface area contributed by atoms with E-state index in [9.17, 15) is 22.4 Å². The van der Waals surface area contributed by atoms with Crippen LogP contribution < -0.4 is 5.53 Å². The van der Waals surface area contributed by atoms with Crippen molar-refractivity contribution in [1.29, 1.82) is 0 Å². The number of aromatic amines is 1. The molecule has 0 spiro atoms. The Bertz CT molecular complexity index is 1240. The van der Waals surface area contributed by atoms with Crippen LogP contribution in [0.3, 0.4) is 0 Å². The zero-order chi connectivity index (χ0) is 26.9. The molecule has 0 radical (unpaired) electrons. The molecule has 1 aliphatic heterocycles. The van der Waals surface area contributed by atoms with Gasteiger partial charge in [-0.15, -0.1) is 5.53 Å². The lowest BCUT2D eigenvalue weighted by Gasteiger charge is -2.29. The topological polar surface area (TPSA) is 81.5 Å². The number of hydrogen-bond acceptors (Lipinski definition) is 6. The number of hydrogen-bond donors (Lipinski definition) is 2. The molecule has 8 nitrogen and oxygen atoms in total. The molecule has 1 aliphatic carbocycles. The number of carbonyl (C=O) groups is 1. The maximum atomic E-state index is 14.8. The Morgan fingerprint density at radius 1 is 1.30 bits per heavy atom. The van der Waals surface area contributed by atoms with E-state index in [1.165, 1.54) is 6.92 Å². The molecule has 2 N–H and O–H groups in total. The Balaban J connectivity index is 1.52. The zero-order valence-electron chi connectivity index (χ0n) is 21.2. The average Bonchev–Trinajstić information content (AvgIpc) is 3.54. The summed E-state index contributed by atoms with van der Waals surface area (Å²) >= 11 is 0. The fourth-order valence-electron chi connectivity index (χ4n) is 4.75. The third-order valence-electron chi connectivity index (χ3n) is 6.68. The molecule has 4 rings (SSSR count). The number of nitrogens with one attached hydrogen (secondary N) is 2. The molecule has 37 heavy (non-hydrogen) atoms. The quantitative estimate of drug-likeness (QED) is 0.489. The minimum atomic E-state index is -4.46. The van der Waals surface area contributed by atoms with Gasteiger partial charge >= 0.3 is 6.18 Å².